The molecule has 0 saturated carbocycles. The lowest BCUT2D eigenvalue weighted by atomic mass is 10.1. The van der Waals surface area contributed by atoms with E-state index >= 15 is 0 Å². The number of hydrogen-bond donors (Lipinski definition) is 1. The molecule has 0 spiro atoms. The zero-order valence-corrected chi connectivity index (χ0v) is 14.0. The van der Waals surface area contributed by atoms with Gasteiger partial charge in [0.25, 0.3) is 5.91 Å². The van der Waals surface area contributed by atoms with Gasteiger partial charge in [-0.25, -0.2) is 13.5 Å². The lowest BCUT2D eigenvalue weighted by Crippen LogP contribution is -2.27. The van der Waals surface area contributed by atoms with Gasteiger partial charge < -0.3 is 10.1 Å². The van der Waals surface area contributed by atoms with Crippen molar-refractivity contribution in [1.29, 1.82) is 0 Å². The summed E-state index contributed by atoms with van der Waals surface area (Å²) in [6.45, 7) is 1.77. The number of hydrogen-bond acceptors (Lipinski definition) is 3. The van der Waals surface area contributed by atoms with Crippen molar-refractivity contribution in [3.05, 3.63) is 83.7 Å². The van der Waals surface area contributed by atoms with Crippen molar-refractivity contribution in [3.63, 3.8) is 0 Å². The van der Waals surface area contributed by atoms with Gasteiger partial charge in [0, 0.05) is 12.3 Å². The first-order valence-electron chi connectivity index (χ1n) is 8.00. The Hall–Kier alpha value is -3.22. The topological polar surface area (TPSA) is 56.2 Å². The van der Waals surface area contributed by atoms with Gasteiger partial charge >= 0.3 is 0 Å². The fraction of sp³-hybridized carbons (Fsp3) is 0.158. The SMILES string of the molecule is CC(NC(=O)c1ccn(COc2ccc(F)cc2F)n1)c1ccccc1. The number of benzene rings is 2. The number of nitrogens with zero attached hydrogens (tertiary/aromatic N) is 2. The third-order valence-corrected chi connectivity index (χ3v) is 3.77. The van der Waals surface area contributed by atoms with Crippen LogP contribution in [0.3, 0.4) is 0 Å². The molecule has 3 rings (SSSR count). The minimum absolute atomic E-state index is 0.0920. The zero-order chi connectivity index (χ0) is 18.5. The standard InChI is InChI=1S/C19H17F2N3O2/c1-13(14-5-3-2-4-6-14)22-19(25)17-9-10-24(23-17)12-26-18-8-7-15(20)11-16(18)21/h2-11,13H,12H2,1H3,(H,22,25). The summed E-state index contributed by atoms with van der Waals surface area (Å²) < 4.78 is 33.0. The van der Waals surface area contributed by atoms with Crippen LogP contribution in [-0.4, -0.2) is 15.7 Å². The van der Waals surface area contributed by atoms with Crippen molar-refractivity contribution in [1.82, 2.24) is 15.1 Å². The van der Waals surface area contributed by atoms with Gasteiger partial charge in [-0.15, -0.1) is 0 Å². The second kappa shape index (κ2) is 7.77. The molecule has 0 aliphatic rings. The minimum Gasteiger partial charge on any atom is -0.468 e. The maximum atomic E-state index is 13.5. The van der Waals surface area contributed by atoms with Gasteiger partial charge in [0.1, 0.15) is 11.5 Å². The van der Waals surface area contributed by atoms with Crippen LogP contribution in [0.2, 0.25) is 0 Å². The van der Waals surface area contributed by atoms with E-state index in [9.17, 15) is 13.6 Å². The Morgan fingerprint density at radius 1 is 1.19 bits per heavy atom. The van der Waals surface area contributed by atoms with E-state index in [1.165, 1.54) is 16.8 Å². The molecular weight excluding hydrogens is 340 g/mol. The Balaban J connectivity index is 1.59. The van der Waals surface area contributed by atoms with Crippen molar-refractivity contribution in [2.75, 3.05) is 0 Å². The largest absolute Gasteiger partial charge is 0.468 e. The number of halogens is 2. The summed E-state index contributed by atoms with van der Waals surface area (Å²) in [5, 5.41) is 6.96. The molecule has 1 heterocycles. The van der Waals surface area contributed by atoms with Gasteiger partial charge in [0.15, 0.2) is 18.3 Å². The Morgan fingerprint density at radius 3 is 2.69 bits per heavy atom. The van der Waals surface area contributed by atoms with Crippen LogP contribution < -0.4 is 10.1 Å². The zero-order valence-electron chi connectivity index (χ0n) is 14.0. The van der Waals surface area contributed by atoms with Crippen LogP contribution in [-0.2, 0) is 6.73 Å². The third kappa shape index (κ3) is 4.24. The maximum absolute atomic E-state index is 13.5. The molecule has 0 fully saturated rings. The van der Waals surface area contributed by atoms with E-state index in [2.05, 4.69) is 10.4 Å². The first-order chi connectivity index (χ1) is 12.5. The summed E-state index contributed by atoms with van der Waals surface area (Å²) in [6.07, 6.45) is 1.55. The number of carbonyl (C=O) groups is 1. The Bertz CT molecular complexity index is 897. The van der Waals surface area contributed by atoms with Gasteiger partial charge in [-0.3, -0.25) is 4.79 Å². The number of amides is 1. The quantitative estimate of drug-likeness (QED) is 0.732. The second-order valence-corrected chi connectivity index (χ2v) is 5.69. The van der Waals surface area contributed by atoms with Gasteiger partial charge in [-0.05, 0) is 30.7 Å². The maximum Gasteiger partial charge on any atom is 0.272 e. The predicted molar refractivity (Wildman–Crippen MR) is 91.5 cm³/mol. The van der Waals surface area contributed by atoms with Crippen LogP contribution in [0.4, 0.5) is 8.78 Å². The molecule has 3 aromatic rings. The monoisotopic (exact) mass is 357 g/mol. The highest BCUT2D eigenvalue weighted by atomic mass is 19.1. The predicted octanol–water partition coefficient (Wildman–Crippen LogP) is 3.69. The highest BCUT2D eigenvalue weighted by Gasteiger charge is 2.14. The summed E-state index contributed by atoms with van der Waals surface area (Å²) in [6, 6.07) is 14.0. The molecule has 1 N–H and O–H groups in total. The lowest BCUT2D eigenvalue weighted by Gasteiger charge is -2.13. The van der Waals surface area contributed by atoms with E-state index in [0.29, 0.717) is 0 Å². The summed E-state index contributed by atoms with van der Waals surface area (Å²) in [7, 11) is 0. The van der Waals surface area contributed by atoms with Gasteiger partial charge in [0.05, 0.1) is 6.04 Å². The molecule has 7 heteroatoms. The molecule has 1 unspecified atom stereocenters. The third-order valence-electron chi connectivity index (χ3n) is 3.77. The van der Waals surface area contributed by atoms with E-state index < -0.39 is 11.6 Å². The molecule has 26 heavy (non-hydrogen) atoms. The molecule has 0 bridgehead atoms. The highest BCUT2D eigenvalue weighted by Crippen LogP contribution is 2.18. The molecule has 1 aromatic heterocycles. The second-order valence-electron chi connectivity index (χ2n) is 5.69. The number of carbonyl (C=O) groups excluding carboxylic acids is 1. The minimum atomic E-state index is -0.799. The van der Waals surface area contributed by atoms with Gasteiger partial charge in [0.2, 0.25) is 0 Å². The van der Waals surface area contributed by atoms with Crippen LogP contribution in [0, 0.1) is 11.6 Å². The normalized spacial score (nSPS) is 11.8. The molecule has 0 aliphatic carbocycles. The average Bonchev–Trinajstić information content (AvgIpc) is 3.11. The Kier molecular flexibility index (Phi) is 5.26. The summed E-state index contributed by atoms with van der Waals surface area (Å²) in [5.41, 5.74) is 1.20. The summed E-state index contributed by atoms with van der Waals surface area (Å²) >= 11 is 0. The molecule has 5 nitrogen and oxygen atoms in total. The number of nitrogens with one attached hydrogen (secondary N) is 1. The highest BCUT2D eigenvalue weighted by molar-refractivity contribution is 5.92. The van der Waals surface area contributed by atoms with Gasteiger partial charge in [-0.1, -0.05) is 30.3 Å². The molecule has 2 aromatic carbocycles. The van der Waals surface area contributed by atoms with Crippen LogP contribution in [0.5, 0.6) is 5.75 Å². The number of ether oxygens (including phenoxy) is 1. The average molecular weight is 357 g/mol. The molecular formula is C19H17F2N3O2. The van der Waals surface area contributed by atoms with E-state index in [4.69, 9.17) is 4.74 Å². The molecule has 0 saturated heterocycles. The van der Waals surface area contributed by atoms with E-state index in [1.54, 1.807) is 6.20 Å². The Morgan fingerprint density at radius 2 is 1.96 bits per heavy atom. The first-order valence-corrected chi connectivity index (χ1v) is 8.00. The molecule has 1 atom stereocenters. The van der Waals surface area contributed by atoms with Crippen LogP contribution >= 0.6 is 0 Å². The van der Waals surface area contributed by atoms with Gasteiger partial charge in [-0.2, -0.15) is 5.10 Å². The van der Waals surface area contributed by atoms with Crippen molar-refractivity contribution in [2.45, 2.75) is 19.7 Å². The van der Waals surface area contributed by atoms with E-state index in [-0.39, 0.29) is 30.1 Å². The van der Waals surface area contributed by atoms with Crippen LogP contribution in [0.1, 0.15) is 29.0 Å². The first kappa shape index (κ1) is 17.6. The molecule has 0 radical (unpaired) electrons. The number of aromatic nitrogens is 2. The smallest absolute Gasteiger partial charge is 0.272 e. The molecule has 1 amide bonds. The van der Waals surface area contributed by atoms with E-state index in [1.807, 2.05) is 37.3 Å². The van der Waals surface area contributed by atoms with Crippen molar-refractivity contribution >= 4 is 5.91 Å². The van der Waals surface area contributed by atoms with Crippen molar-refractivity contribution in [2.24, 2.45) is 0 Å². The van der Waals surface area contributed by atoms with E-state index in [0.717, 1.165) is 17.7 Å². The molecule has 0 aliphatic heterocycles. The summed E-state index contributed by atoms with van der Waals surface area (Å²) in [4.78, 5) is 12.3. The van der Waals surface area contributed by atoms with Crippen LogP contribution in [0.15, 0.2) is 60.8 Å². The van der Waals surface area contributed by atoms with Crippen molar-refractivity contribution < 1.29 is 18.3 Å². The fourth-order valence-corrected chi connectivity index (χ4v) is 2.38. The summed E-state index contributed by atoms with van der Waals surface area (Å²) in [5.74, 6) is -1.90. The van der Waals surface area contributed by atoms with Crippen molar-refractivity contribution in [3.8, 4) is 5.75 Å². The van der Waals surface area contributed by atoms with Crippen LogP contribution in [0.25, 0.3) is 0 Å². The number of rotatable bonds is 6. The lowest BCUT2D eigenvalue weighted by molar-refractivity contribution is 0.0932. The molecule has 134 valence electrons. The fourth-order valence-electron chi connectivity index (χ4n) is 2.38. The Labute approximate surface area is 149 Å².